The van der Waals surface area contributed by atoms with Crippen molar-refractivity contribution in [2.45, 2.75) is 183 Å². The van der Waals surface area contributed by atoms with Gasteiger partial charge in [-0.25, -0.2) is 79.9 Å². The van der Waals surface area contributed by atoms with Crippen LogP contribution in [0.1, 0.15) is 179 Å². The zero-order valence-electron chi connectivity index (χ0n) is 83.9. The lowest BCUT2D eigenvalue weighted by atomic mass is 10.0. The second kappa shape index (κ2) is 44.7. The second-order valence-electron chi connectivity index (χ2n) is 38.1. The summed E-state index contributed by atoms with van der Waals surface area (Å²) in [7, 11) is -14.5. The van der Waals surface area contributed by atoms with Crippen molar-refractivity contribution in [1.29, 1.82) is 0 Å². The van der Waals surface area contributed by atoms with E-state index in [4.69, 9.17) is 51.4 Å². The van der Waals surface area contributed by atoms with Crippen LogP contribution in [0, 0.1) is 41.8 Å². The first-order valence-electron chi connectivity index (χ1n) is 46.9. The van der Waals surface area contributed by atoms with Crippen molar-refractivity contribution in [3.63, 3.8) is 0 Å². The van der Waals surface area contributed by atoms with E-state index in [2.05, 4.69) is 34.0 Å². The van der Waals surface area contributed by atoms with Crippen molar-refractivity contribution in [1.82, 2.24) is 38.2 Å². The average Bonchev–Trinajstić information content (AvgIpc) is 1.76. The van der Waals surface area contributed by atoms with Gasteiger partial charge in [-0.3, -0.25) is 0 Å². The summed E-state index contributed by atoms with van der Waals surface area (Å²) in [6.45, 7) is 22.0. The summed E-state index contributed by atoms with van der Waals surface area (Å²) in [5.41, 5.74) is 8.49. The van der Waals surface area contributed by atoms with Crippen molar-refractivity contribution in [3.05, 3.63) is 400 Å². The molecule has 34 heteroatoms. The van der Waals surface area contributed by atoms with Crippen LogP contribution in [-0.2, 0) is 113 Å². The van der Waals surface area contributed by atoms with Crippen molar-refractivity contribution in [2.24, 2.45) is 0 Å². The Morgan fingerprint density at radius 3 is 0.891 bits per heavy atom. The monoisotopic (exact) mass is 2150 g/mol. The molecule has 770 valence electrons. The summed E-state index contributed by atoms with van der Waals surface area (Å²) in [5, 5.41) is 44.2. The zero-order chi connectivity index (χ0) is 108. The number of hydrogen-bond acceptors (Lipinski definition) is 16. The lowest BCUT2D eigenvalue weighted by Gasteiger charge is -2.14. The Hall–Kier alpha value is -12.1. The smallest absolute Gasteiger partial charge is 0.175 e. The van der Waals surface area contributed by atoms with E-state index in [1.807, 2.05) is 82.1 Å². The molecule has 0 saturated carbocycles. The van der Waals surface area contributed by atoms with Gasteiger partial charge in [0.15, 0.2) is 39.3 Å². The number of rotatable bonds is 28. The second-order valence-corrected chi connectivity index (χ2v) is 47.7. The molecule has 16 aromatic rings. The maximum absolute atomic E-state index is 15.6. The molecule has 0 fully saturated rings. The van der Waals surface area contributed by atoms with Crippen molar-refractivity contribution >= 4 is 85.8 Å². The molecule has 20 nitrogen and oxygen atoms in total. The van der Waals surface area contributed by atoms with E-state index >= 15 is 4.39 Å². The van der Waals surface area contributed by atoms with E-state index < -0.39 is 96.7 Å². The van der Waals surface area contributed by atoms with Crippen molar-refractivity contribution in [2.75, 3.05) is 25.0 Å². The molecule has 0 aliphatic rings. The highest BCUT2D eigenvalue weighted by Gasteiger charge is 2.32. The average molecular weight is 2160 g/mol. The summed E-state index contributed by atoms with van der Waals surface area (Å²) < 4.78 is 194. The van der Waals surface area contributed by atoms with Crippen LogP contribution in [0.3, 0.4) is 0 Å². The number of aromatic nitrogens is 8. The fraction of sp³-hybridized carbons (Fsp3) is 0.257. The highest BCUT2D eigenvalue weighted by atomic mass is 35.5. The Labute approximate surface area is 873 Å². The molecule has 0 aliphatic heterocycles. The van der Waals surface area contributed by atoms with Crippen LogP contribution in [0.25, 0.3) is 67.3 Å². The summed E-state index contributed by atoms with van der Waals surface area (Å²) in [6.07, 6.45) is 13.6. The van der Waals surface area contributed by atoms with Gasteiger partial charge in [0.05, 0.1) is 48.0 Å². The molecule has 4 heterocycles. The molecule has 4 aromatic heterocycles. The molecule has 0 radical (unpaired) electrons. The van der Waals surface area contributed by atoms with Gasteiger partial charge in [0.1, 0.15) is 80.6 Å². The fourth-order valence-corrected chi connectivity index (χ4v) is 21.9. The molecule has 4 N–H and O–H groups in total. The molecule has 0 spiro atoms. The van der Waals surface area contributed by atoms with Gasteiger partial charge in [-0.15, -0.1) is 0 Å². The first-order valence-corrected chi connectivity index (χ1v) is 55.9. The molecule has 0 atom stereocenters. The molecular formula is C113H112Cl4F6N8O12S4. The van der Waals surface area contributed by atoms with Gasteiger partial charge in [0, 0.05) is 135 Å². The SMILES string of the molecule is CCc1c(F)cc(-c2ccc(-n3cc(C(C)(C)O)nc3Cc3c(Cl)cccc3Cl)cc2)cc1S(C)(=O)=O.CCc1c(F)cc(-c2ccc(-n3cc(C(C)(C)O)nc3Cc3cc(F)ccc3Cl)cc2)cc1S(C)(=O)=O.CCc1c(F)cc(-c2ccc(-n3cc(C(C)(C)O)nc3Cc3ccccc3C)cc2)cc1S(C)(=O)=O.CCc1c(F)cc(-c2ccc(-n3cc(C(C)(C)O)nc3Cc3ccccc3Cl)c(F)c2)cc1S(C)(=O)=O. The van der Waals surface area contributed by atoms with Crippen LogP contribution in [-0.4, -0.2) is 117 Å². The zero-order valence-corrected chi connectivity index (χ0v) is 90.2. The van der Waals surface area contributed by atoms with E-state index in [1.165, 1.54) is 72.8 Å². The fourth-order valence-electron chi connectivity index (χ4n) is 16.9. The van der Waals surface area contributed by atoms with E-state index in [-0.39, 0.29) is 78.8 Å². The predicted molar refractivity (Wildman–Crippen MR) is 568 cm³/mol. The van der Waals surface area contributed by atoms with Crippen LogP contribution in [0.2, 0.25) is 20.1 Å². The summed E-state index contributed by atoms with van der Waals surface area (Å²) >= 11 is 25.4. The van der Waals surface area contributed by atoms with Crippen molar-refractivity contribution in [3.8, 4) is 67.3 Å². The van der Waals surface area contributed by atoms with E-state index in [1.54, 1.807) is 184 Å². The number of imidazole rings is 4. The first kappa shape index (κ1) is 112. The van der Waals surface area contributed by atoms with Gasteiger partial charge in [0.2, 0.25) is 0 Å². The Kier molecular flexibility index (Phi) is 34.1. The standard InChI is InChI=1S/C29H31FN2O3S.C28H27Cl2FN2O3S.2C28H27ClF2N2O3S/c1-6-24-25(30)15-22(16-26(24)36(5,34)35)20-11-13-23(14-12-20)32-18-27(29(3,4)33)31-28(32)17-21-10-8-7-9-19(21)2;1-5-20-24(31)13-18(14-25(20)37(4,35)36)17-9-11-19(12-10-17)33-16-26(28(2,3)34)32-27(33)15-21-22(29)7-6-8-23(21)30;1-5-22-24(31)13-18(14-25(22)37(4,35)36)17-6-9-21(10-7-17)33-16-26(28(2,3)34)32-27(33)15-19-12-20(30)8-11-23(19)29;1-5-20-22(30)13-19(14-25(20)37(4,35)36)17-10-11-24(23(31)12-17)33-16-26(28(2,3)34)32-27(33)15-18-8-6-7-9-21(18)29/h7-16,18,33H,6,17H2,1-5H3;3*6-14,16,34H,5,15H2,1-4H3. The third-order valence-electron chi connectivity index (χ3n) is 24.9. The molecule has 12 aromatic carbocycles. The van der Waals surface area contributed by atoms with Crippen LogP contribution >= 0.6 is 46.4 Å². The van der Waals surface area contributed by atoms with Crippen molar-refractivity contribution < 1.29 is 80.4 Å². The highest BCUT2D eigenvalue weighted by Crippen LogP contribution is 2.40. The van der Waals surface area contributed by atoms with Crippen LogP contribution in [0.5, 0.6) is 0 Å². The van der Waals surface area contributed by atoms with Crippen LogP contribution in [0.15, 0.2) is 269 Å². The topological polar surface area (TPSA) is 289 Å². The largest absolute Gasteiger partial charge is 0.384 e. The number of sulfone groups is 4. The minimum atomic E-state index is -3.69. The third-order valence-corrected chi connectivity index (χ3v) is 31.0. The summed E-state index contributed by atoms with van der Waals surface area (Å²) in [4.78, 5) is 18.4. The quantitative estimate of drug-likeness (QED) is 0.0331. The molecule has 16 rings (SSSR count). The van der Waals surface area contributed by atoms with E-state index in [9.17, 15) is 76.0 Å². The molecule has 0 unspecified atom stereocenters. The number of aliphatic hydroxyl groups is 4. The molecule has 0 amide bonds. The highest BCUT2D eigenvalue weighted by molar-refractivity contribution is 7.91. The van der Waals surface area contributed by atoms with Gasteiger partial charge in [-0.2, -0.15) is 0 Å². The maximum Gasteiger partial charge on any atom is 0.175 e. The predicted octanol–water partition coefficient (Wildman–Crippen LogP) is 25.1. The Bertz CT molecular complexity index is 8140. The minimum absolute atomic E-state index is 0.00240. The lowest BCUT2D eigenvalue weighted by Crippen LogP contribution is -2.16. The molecular weight excluding hydrogens is 2050 g/mol. The number of benzene rings is 12. The van der Waals surface area contributed by atoms with Gasteiger partial charge in [-0.1, -0.05) is 165 Å². The summed E-state index contributed by atoms with van der Waals surface area (Å²) in [5.74, 6) is -0.927. The maximum atomic E-state index is 15.6. The van der Waals surface area contributed by atoms with E-state index in [0.717, 1.165) is 64.5 Å². The third kappa shape index (κ3) is 26.6. The minimum Gasteiger partial charge on any atom is -0.384 e. The number of hydrogen-bond donors (Lipinski definition) is 4. The lowest BCUT2D eigenvalue weighted by molar-refractivity contribution is 0.0736. The van der Waals surface area contributed by atoms with Crippen LogP contribution < -0.4 is 0 Å². The Balaban J connectivity index is 0.000000164. The number of halogens is 10. The van der Waals surface area contributed by atoms with Gasteiger partial charge in [0.25, 0.3) is 0 Å². The number of aryl methyl sites for hydroxylation is 1. The Morgan fingerprint density at radius 2 is 0.565 bits per heavy atom. The van der Waals surface area contributed by atoms with E-state index in [0.29, 0.717) is 136 Å². The van der Waals surface area contributed by atoms with Gasteiger partial charge in [-0.05, 0) is 294 Å². The summed E-state index contributed by atoms with van der Waals surface area (Å²) in [6, 6.07) is 62.1. The molecule has 0 bridgehead atoms. The Morgan fingerprint density at radius 1 is 0.286 bits per heavy atom. The molecule has 0 saturated heterocycles. The number of nitrogens with zero attached hydrogens (tertiary/aromatic N) is 8. The molecule has 147 heavy (non-hydrogen) atoms. The van der Waals surface area contributed by atoms with Gasteiger partial charge >= 0.3 is 0 Å². The molecule has 0 aliphatic carbocycles. The normalized spacial score (nSPS) is 12.2. The first-order chi connectivity index (χ1) is 68.7. The van der Waals surface area contributed by atoms with Gasteiger partial charge < -0.3 is 38.7 Å². The van der Waals surface area contributed by atoms with Crippen LogP contribution in [0.4, 0.5) is 26.3 Å².